The van der Waals surface area contributed by atoms with Gasteiger partial charge in [0.1, 0.15) is 5.75 Å². The van der Waals surface area contributed by atoms with Gasteiger partial charge in [-0.2, -0.15) is 4.36 Å². The number of carbonyl (C=O) groups is 1. The Bertz CT molecular complexity index is 1390. The van der Waals surface area contributed by atoms with Gasteiger partial charge in [0, 0.05) is 47.1 Å². The van der Waals surface area contributed by atoms with Crippen LogP contribution in [-0.4, -0.2) is 42.2 Å². The largest absolute Gasteiger partial charge is 0.491 e. The molecule has 2 aliphatic heterocycles. The third-order valence-corrected chi connectivity index (χ3v) is 10.6. The number of fused-ring (bicyclic) bond motifs is 3. The summed E-state index contributed by atoms with van der Waals surface area (Å²) in [6, 6.07) is 11.7. The van der Waals surface area contributed by atoms with Gasteiger partial charge in [0.25, 0.3) is 5.91 Å². The topological polar surface area (TPSA) is 68.2 Å². The van der Waals surface area contributed by atoms with Gasteiger partial charge in [-0.1, -0.05) is 36.7 Å². The van der Waals surface area contributed by atoms with Crippen LogP contribution in [0.4, 0.5) is 5.69 Å². The van der Waals surface area contributed by atoms with Crippen molar-refractivity contribution in [2.45, 2.75) is 51.7 Å². The number of aryl methyl sites for hydroxylation is 1. The van der Waals surface area contributed by atoms with E-state index in [0.29, 0.717) is 36.3 Å². The van der Waals surface area contributed by atoms with Crippen LogP contribution >= 0.6 is 11.6 Å². The summed E-state index contributed by atoms with van der Waals surface area (Å²) in [5, 5.41) is 0.754. The number of amides is 1. The first-order chi connectivity index (χ1) is 18.9. The Morgan fingerprint density at radius 2 is 2.05 bits per heavy atom. The van der Waals surface area contributed by atoms with Gasteiger partial charge in [0.15, 0.2) is 0 Å². The Hall–Kier alpha value is -2.35. The molecule has 0 aromatic heterocycles. The molecular formula is C31H37ClN2O4S. The average Bonchev–Trinajstić information content (AvgIpc) is 3.77. The number of halogens is 1. The van der Waals surface area contributed by atoms with Crippen LogP contribution in [0.1, 0.15) is 54.1 Å². The van der Waals surface area contributed by atoms with Gasteiger partial charge >= 0.3 is 0 Å². The third kappa shape index (κ3) is 5.50. The fourth-order valence-corrected chi connectivity index (χ4v) is 7.90. The van der Waals surface area contributed by atoms with E-state index in [1.54, 1.807) is 13.2 Å². The highest BCUT2D eigenvalue weighted by molar-refractivity contribution is 7.75. The Morgan fingerprint density at radius 3 is 2.87 bits per heavy atom. The molecule has 2 heterocycles. The second kappa shape index (κ2) is 10.9. The lowest BCUT2D eigenvalue weighted by molar-refractivity contribution is 0.0965. The van der Waals surface area contributed by atoms with Gasteiger partial charge in [-0.3, -0.25) is 9.00 Å². The number of hydrogen-bond donors (Lipinski definition) is 1. The molecule has 0 saturated heterocycles. The number of carbonyl (C=O) groups excluding carboxylic acids is 1. The van der Waals surface area contributed by atoms with Crippen LogP contribution < -0.4 is 9.64 Å². The number of allylic oxidation sites excluding steroid dienone is 1. The minimum atomic E-state index is -1.99. The molecule has 2 unspecified atom stereocenters. The maximum absolute atomic E-state index is 13.2. The summed E-state index contributed by atoms with van der Waals surface area (Å²) in [5.74, 6) is 2.02. The van der Waals surface area contributed by atoms with E-state index in [0.717, 1.165) is 48.7 Å². The van der Waals surface area contributed by atoms with Gasteiger partial charge in [-0.05, 0) is 96.7 Å². The number of thiol groups is 1. The Kier molecular flexibility index (Phi) is 7.51. The summed E-state index contributed by atoms with van der Waals surface area (Å²) < 4.78 is 29.1. The van der Waals surface area contributed by atoms with E-state index in [9.17, 15) is 9.00 Å². The van der Waals surface area contributed by atoms with Crippen LogP contribution in [0.3, 0.4) is 0 Å². The fourth-order valence-electron chi connectivity index (χ4n) is 6.63. The standard InChI is InChI=1S/C31H37ClN2O4S/c1-20-6-5-8-28(37-2)29-25-16-31(25,29)19-34-17-23-9-11-24(32)14-21(23)7-3-4-13-38-27-12-10-22(15-26(27)34)30(35)33-39(36)18-20/h5,8-12,14-15,20,25,28-29,39H,3-4,6-7,13,16-19H2,1-2H3/b8-5+/t20-,25?,28-,29-,31+/m0/s1. The van der Waals surface area contributed by atoms with Crippen molar-refractivity contribution < 1.29 is 18.5 Å². The molecule has 6 nitrogen and oxygen atoms in total. The molecular weight excluding hydrogens is 532 g/mol. The van der Waals surface area contributed by atoms with E-state index in [2.05, 4.69) is 40.5 Å². The molecule has 6 atom stereocenters. The van der Waals surface area contributed by atoms with Crippen LogP contribution in [0.15, 0.2) is 52.9 Å². The van der Waals surface area contributed by atoms with Crippen molar-refractivity contribution in [3.05, 3.63) is 70.3 Å². The number of benzene rings is 2. The Balaban J connectivity index is 1.45. The molecule has 1 amide bonds. The van der Waals surface area contributed by atoms with Gasteiger partial charge in [-0.15, -0.1) is 0 Å². The lowest BCUT2D eigenvalue weighted by atomic mass is 9.96. The van der Waals surface area contributed by atoms with Crippen molar-refractivity contribution in [2.24, 2.45) is 27.5 Å². The fraction of sp³-hybridized carbons (Fsp3) is 0.516. The van der Waals surface area contributed by atoms with Crippen LogP contribution in [0, 0.1) is 23.2 Å². The molecule has 6 rings (SSSR count). The normalized spacial score (nSPS) is 33.7. The van der Waals surface area contributed by atoms with E-state index in [1.807, 2.05) is 18.2 Å². The molecule has 2 aliphatic carbocycles. The zero-order valence-corrected chi connectivity index (χ0v) is 24.3. The van der Waals surface area contributed by atoms with E-state index >= 15 is 0 Å². The van der Waals surface area contributed by atoms with Crippen LogP contribution in [-0.2, 0) is 28.3 Å². The average molecular weight is 569 g/mol. The summed E-state index contributed by atoms with van der Waals surface area (Å²) in [6.07, 6.45) is 9.28. The smallest absolute Gasteiger partial charge is 0.284 e. The summed E-state index contributed by atoms with van der Waals surface area (Å²) in [7, 11) is -0.190. The quantitative estimate of drug-likeness (QED) is 0.332. The minimum absolute atomic E-state index is 0.0703. The first-order valence-corrected chi connectivity index (χ1v) is 15.8. The highest BCUT2D eigenvalue weighted by Crippen LogP contribution is 2.81. The lowest BCUT2D eigenvalue weighted by Gasteiger charge is -2.31. The second-order valence-corrected chi connectivity index (χ2v) is 13.4. The summed E-state index contributed by atoms with van der Waals surface area (Å²) >= 11 is 6.41. The van der Waals surface area contributed by atoms with Crippen molar-refractivity contribution in [2.75, 3.05) is 30.9 Å². The second-order valence-electron chi connectivity index (χ2n) is 11.7. The zero-order chi connectivity index (χ0) is 27.1. The van der Waals surface area contributed by atoms with E-state index in [4.69, 9.17) is 21.1 Å². The highest BCUT2D eigenvalue weighted by Gasteiger charge is 2.80. The summed E-state index contributed by atoms with van der Waals surface area (Å²) in [6.45, 7) is 4.20. The summed E-state index contributed by atoms with van der Waals surface area (Å²) in [5.41, 5.74) is 4.05. The predicted octanol–water partition coefficient (Wildman–Crippen LogP) is 6.11. The maximum atomic E-state index is 13.2. The molecule has 2 fully saturated rings. The van der Waals surface area contributed by atoms with Gasteiger partial charge in [0.05, 0.1) is 18.4 Å². The predicted molar refractivity (Wildman–Crippen MR) is 156 cm³/mol. The molecule has 2 saturated carbocycles. The molecule has 0 radical (unpaired) electrons. The number of rotatable bonds is 1. The third-order valence-electron chi connectivity index (χ3n) is 8.99. The minimum Gasteiger partial charge on any atom is -0.491 e. The maximum Gasteiger partial charge on any atom is 0.284 e. The van der Waals surface area contributed by atoms with Crippen molar-refractivity contribution in [3.8, 4) is 5.75 Å². The van der Waals surface area contributed by atoms with Gasteiger partial charge in [0.2, 0.25) is 0 Å². The van der Waals surface area contributed by atoms with Gasteiger partial charge < -0.3 is 14.4 Å². The first kappa shape index (κ1) is 26.9. The molecule has 1 spiro atoms. The zero-order valence-electron chi connectivity index (χ0n) is 22.6. The van der Waals surface area contributed by atoms with Gasteiger partial charge in [-0.25, -0.2) is 0 Å². The first-order valence-electron chi connectivity index (χ1n) is 14.1. The monoisotopic (exact) mass is 568 g/mol. The van der Waals surface area contributed by atoms with Crippen LogP contribution in [0.5, 0.6) is 5.75 Å². The number of nitrogens with zero attached hydrogens (tertiary/aromatic N) is 2. The van der Waals surface area contributed by atoms with Crippen LogP contribution in [0.2, 0.25) is 5.02 Å². The molecule has 8 heteroatoms. The number of ether oxygens (including phenoxy) is 2. The molecule has 2 aromatic rings. The number of methoxy groups -OCH3 is 1. The van der Waals surface area contributed by atoms with Crippen LogP contribution in [0.25, 0.3) is 0 Å². The lowest BCUT2D eigenvalue weighted by Crippen LogP contribution is -2.31. The van der Waals surface area contributed by atoms with Crippen molar-refractivity contribution >= 4 is 33.8 Å². The van der Waals surface area contributed by atoms with Crippen molar-refractivity contribution in [3.63, 3.8) is 0 Å². The molecule has 2 bridgehead atoms. The van der Waals surface area contributed by atoms with E-state index in [1.165, 1.54) is 17.5 Å². The highest BCUT2D eigenvalue weighted by atomic mass is 35.5. The summed E-state index contributed by atoms with van der Waals surface area (Å²) in [4.78, 5) is 15.5. The SMILES string of the molecule is CO[C@H]1/C=C/C[C@H](C)C/[SH](=O)=N\C(=O)c2ccc3c(c2)N(Cc2ccc(Cl)cc2CCCCO3)C[C@]23CC2[C@@H]13. The number of hydrogen-bond acceptors (Lipinski definition) is 5. The molecule has 0 N–H and O–H groups in total. The Morgan fingerprint density at radius 1 is 1.18 bits per heavy atom. The van der Waals surface area contributed by atoms with Crippen molar-refractivity contribution in [1.82, 2.24) is 0 Å². The van der Waals surface area contributed by atoms with Crippen molar-refractivity contribution in [1.29, 1.82) is 0 Å². The molecule has 2 aromatic carbocycles. The molecule has 39 heavy (non-hydrogen) atoms. The van der Waals surface area contributed by atoms with E-state index in [-0.39, 0.29) is 17.4 Å². The molecule has 4 aliphatic rings. The number of anilines is 1. The Labute approximate surface area is 237 Å². The van der Waals surface area contributed by atoms with E-state index < -0.39 is 16.5 Å². The molecule has 208 valence electrons.